The minimum Gasteiger partial charge on any atom is -0.496 e. The lowest BCUT2D eigenvalue weighted by molar-refractivity contribution is 0.416. The Morgan fingerprint density at radius 3 is 2.59 bits per heavy atom. The SMILES string of the molecule is COc1ccccc1-c1cc(C#N)ccc1F. The highest BCUT2D eigenvalue weighted by molar-refractivity contribution is 5.72. The van der Waals surface area contributed by atoms with Crippen molar-refractivity contribution < 1.29 is 9.13 Å². The number of hydrogen-bond donors (Lipinski definition) is 0. The summed E-state index contributed by atoms with van der Waals surface area (Å²) < 4.78 is 18.9. The maximum Gasteiger partial charge on any atom is 0.131 e. The summed E-state index contributed by atoms with van der Waals surface area (Å²) in [5.41, 5.74) is 1.44. The van der Waals surface area contributed by atoms with Crippen molar-refractivity contribution in [2.24, 2.45) is 0 Å². The second kappa shape index (κ2) is 4.67. The molecule has 0 N–H and O–H groups in total. The summed E-state index contributed by atoms with van der Waals surface area (Å²) in [4.78, 5) is 0. The Kier molecular flexibility index (Phi) is 3.06. The highest BCUT2D eigenvalue weighted by atomic mass is 19.1. The van der Waals surface area contributed by atoms with Crippen LogP contribution in [0, 0.1) is 17.1 Å². The average molecular weight is 227 g/mol. The van der Waals surface area contributed by atoms with Gasteiger partial charge in [0.05, 0.1) is 18.7 Å². The maximum absolute atomic E-state index is 13.7. The molecule has 0 saturated heterocycles. The first-order valence-corrected chi connectivity index (χ1v) is 5.09. The van der Waals surface area contributed by atoms with Crippen molar-refractivity contribution >= 4 is 0 Å². The monoisotopic (exact) mass is 227 g/mol. The van der Waals surface area contributed by atoms with Gasteiger partial charge < -0.3 is 4.74 Å². The molecule has 0 aliphatic heterocycles. The zero-order chi connectivity index (χ0) is 12.3. The van der Waals surface area contributed by atoms with Gasteiger partial charge in [0.15, 0.2) is 0 Å². The van der Waals surface area contributed by atoms with Gasteiger partial charge in [-0.25, -0.2) is 4.39 Å². The van der Waals surface area contributed by atoms with Crippen LogP contribution in [-0.4, -0.2) is 7.11 Å². The summed E-state index contributed by atoms with van der Waals surface area (Å²) in [7, 11) is 1.53. The number of halogens is 1. The molecule has 0 radical (unpaired) electrons. The van der Waals surface area contributed by atoms with Gasteiger partial charge in [0.2, 0.25) is 0 Å². The summed E-state index contributed by atoms with van der Waals surface area (Å²) >= 11 is 0. The minimum atomic E-state index is -0.367. The van der Waals surface area contributed by atoms with Crippen LogP contribution in [0.25, 0.3) is 11.1 Å². The minimum absolute atomic E-state index is 0.367. The van der Waals surface area contributed by atoms with E-state index in [0.717, 1.165) is 0 Å². The molecule has 0 fully saturated rings. The maximum atomic E-state index is 13.7. The van der Waals surface area contributed by atoms with Crippen molar-refractivity contribution in [3.05, 3.63) is 53.8 Å². The normalized spacial score (nSPS) is 9.71. The fourth-order valence-corrected chi connectivity index (χ4v) is 1.67. The van der Waals surface area contributed by atoms with Crippen molar-refractivity contribution in [3.8, 4) is 22.9 Å². The van der Waals surface area contributed by atoms with Crippen molar-refractivity contribution in [3.63, 3.8) is 0 Å². The number of methoxy groups -OCH3 is 1. The molecule has 0 amide bonds. The van der Waals surface area contributed by atoms with E-state index in [1.54, 1.807) is 18.2 Å². The van der Waals surface area contributed by atoms with Gasteiger partial charge in [-0.3, -0.25) is 0 Å². The van der Waals surface area contributed by atoms with Crippen LogP contribution in [0.15, 0.2) is 42.5 Å². The van der Waals surface area contributed by atoms with Gasteiger partial charge in [0, 0.05) is 11.1 Å². The Morgan fingerprint density at radius 1 is 1.12 bits per heavy atom. The molecule has 2 aromatic rings. The van der Waals surface area contributed by atoms with Gasteiger partial charge in [-0.15, -0.1) is 0 Å². The number of nitrogens with zero attached hydrogens (tertiary/aromatic N) is 1. The molecule has 17 heavy (non-hydrogen) atoms. The van der Waals surface area contributed by atoms with E-state index in [-0.39, 0.29) is 5.82 Å². The third-order valence-corrected chi connectivity index (χ3v) is 2.49. The molecule has 0 heterocycles. The number of benzene rings is 2. The molecule has 2 aromatic carbocycles. The molecule has 0 atom stereocenters. The Labute approximate surface area is 98.9 Å². The number of ether oxygens (including phenoxy) is 1. The molecule has 0 saturated carbocycles. The van der Waals surface area contributed by atoms with Gasteiger partial charge >= 0.3 is 0 Å². The van der Waals surface area contributed by atoms with E-state index in [0.29, 0.717) is 22.4 Å². The van der Waals surface area contributed by atoms with Crippen LogP contribution < -0.4 is 4.74 Å². The van der Waals surface area contributed by atoms with Crippen LogP contribution in [0.3, 0.4) is 0 Å². The third-order valence-electron chi connectivity index (χ3n) is 2.49. The quantitative estimate of drug-likeness (QED) is 0.788. The summed E-state index contributed by atoms with van der Waals surface area (Å²) in [5, 5.41) is 8.82. The third kappa shape index (κ3) is 2.11. The molecule has 84 valence electrons. The summed E-state index contributed by atoms with van der Waals surface area (Å²) in [6, 6.07) is 13.4. The van der Waals surface area contributed by atoms with E-state index in [9.17, 15) is 4.39 Å². The lowest BCUT2D eigenvalue weighted by Crippen LogP contribution is -1.91. The van der Waals surface area contributed by atoms with Gasteiger partial charge in [-0.2, -0.15) is 5.26 Å². The molecule has 0 bridgehead atoms. The number of nitriles is 1. The van der Waals surface area contributed by atoms with E-state index in [1.807, 2.05) is 12.1 Å². The Hall–Kier alpha value is -2.34. The second-order valence-electron chi connectivity index (χ2n) is 3.51. The van der Waals surface area contributed by atoms with Crippen LogP contribution in [0.2, 0.25) is 0 Å². The van der Waals surface area contributed by atoms with E-state index < -0.39 is 0 Å². The van der Waals surface area contributed by atoms with Crippen molar-refractivity contribution in [1.82, 2.24) is 0 Å². The highest BCUT2D eigenvalue weighted by Crippen LogP contribution is 2.31. The zero-order valence-corrected chi connectivity index (χ0v) is 9.27. The molecule has 2 nitrogen and oxygen atoms in total. The van der Waals surface area contributed by atoms with E-state index in [4.69, 9.17) is 10.00 Å². The van der Waals surface area contributed by atoms with Crippen molar-refractivity contribution in [2.75, 3.05) is 7.11 Å². The lowest BCUT2D eigenvalue weighted by Gasteiger charge is -2.09. The molecule has 2 rings (SSSR count). The number of para-hydroxylation sites is 1. The average Bonchev–Trinajstić information content (AvgIpc) is 2.39. The molecule has 0 aliphatic carbocycles. The molecule has 3 heteroatoms. The van der Waals surface area contributed by atoms with Gasteiger partial charge in [0.1, 0.15) is 11.6 Å². The molecular weight excluding hydrogens is 217 g/mol. The number of hydrogen-bond acceptors (Lipinski definition) is 2. The molecule has 0 aliphatic rings. The predicted molar refractivity (Wildman–Crippen MR) is 63.1 cm³/mol. The lowest BCUT2D eigenvalue weighted by atomic mass is 10.0. The second-order valence-corrected chi connectivity index (χ2v) is 3.51. The van der Waals surface area contributed by atoms with Crippen molar-refractivity contribution in [2.45, 2.75) is 0 Å². The molecular formula is C14H10FNO. The zero-order valence-electron chi connectivity index (χ0n) is 9.27. The van der Waals surface area contributed by atoms with Gasteiger partial charge in [0.25, 0.3) is 0 Å². The van der Waals surface area contributed by atoms with E-state index in [1.165, 1.54) is 25.3 Å². The van der Waals surface area contributed by atoms with Crippen LogP contribution in [0.4, 0.5) is 4.39 Å². The number of rotatable bonds is 2. The first-order chi connectivity index (χ1) is 8.26. The van der Waals surface area contributed by atoms with Gasteiger partial charge in [-0.05, 0) is 24.3 Å². The Morgan fingerprint density at radius 2 is 1.88 bits per heavy atom. The fourth-order valence-electron chi connectivity index (χ4n) is 1.67. The topological polar surface area (TPSA) is 33.0 Å². The van der Waals surface area contributed by atoms with Crippen LogP contribution >= 0.6 is 0 Å². The first kappa shape index (κ1) is 11.2. The van der Waals surface area contributed by atoms with Gasteiger partial charge in [-0.1, -0.05) is 18.2 Å². The van der Waals surface area contributed by atoms with Crippen LogP contribution in [-0.2, 0) is 0 Å². The molecule has 0 aromatic heterocycles. The first-order valence-electron chi connectivity index (χ1n) is 5.09. The van der Waals surface area contributed by atoms with Crippen LogP contribution in [0.1, 0.15) is 5.56 Å². The fraction of sp³-hybridized carbons (Fsp3) is 0.0714. The molecule has 0 spiro atoms. The summed E-state index contributed by atoms with van der Waals surface area (Å²) in [5.74, 6) is 0.218. The standard InChI is InChI=1S/C14H10FNO/c1-17-14-5-3-2-4-11(14)12-8-10(9-16)6-7-13(12)15/h2-8H,1H3. The van der Waals surface area contributed by atoms with Crippen LogP contribution in [0.5, 0.6) is 5.75 Å². The van der Waals surface area contributed by atoms with Crippen molar-refractivity contribution in [1.29, 1.82) is 5.26 Å². The summed E-state index contributed by atoms with van der Waals surface area (Å²) in [6.07, 6.45) is 0. The summed E-state index contributed by atoms with van der Waals surface area (Å²) in [6.45, 7) is 0. The smallest absolute Gasteiger partial charge is 0.131 e. The Bertz CT molecular complexity index is 587. The predicted octanol–water partition coefficient (Wildman–Crippen LogP) is 3.37. The highest BCUT2D eigenvalue weighted by Gasteiger charge is 2.10. The molecule has 0 unspecified atom stereocenters. The Balaban J connectivity index is 2.64. The largest absolute Gasteiger partial charge is 0.496 e. The van der Waals surface area contributed by atoms with E-state index >= 15 is 0 Å². The van der Waals surface area contributed by atoms with E-state index in [2.05, 4.69) is 0 Å².